The molecule has 2 unspecified atom stereocenters. The van der Waals surface area contributed by atoms with Gasteiger partial charge in [0.15, 0.2) is 0 Å². The summed E-state index contributed by atoms with van der Waals surface area (Å²) in [6, 6.07) is 0. The Morgan fingerprint density at radius 3 is 2.09 bits per heavy atom. The second-order valence-electron chi connectivity index (χ2n) is 2.63. The molecular weight excluding hydrogens is 146 g/mol. The summed E-state index contributed by atoms with van der Waals surface area (Å²) in [6.07, 6.45) is -2.35. The molecule has 0 saturated carbocycles. The fourth-order valence-electron chi connectivity index (χ4n) is 0.607. The van der Waals surface area contributed by atoms with E-state index < -0.39 is 12.2 Å². The van der Waals surface area contributed by atoms with Gasteiger partial charge in [0.2, 0.25) is 0 Å². The van der Waals surface area contributed by atoms with Crippen LogP contribution < -0.4 is 5.73 Å². The number of hydrogen-bond acceptors (Lipinski definition) is 4. The van der Waals surface area contributed by atoms with E-state index in [0.717, 1.165) is 0 Å². The van der Waals surface area contributed by atoms with Crippen LogP contribution in [0.15, 0.2) is 11.3 Å². The van der Waals surface area contributed by atoms with Gasteiger partial charge in [0.1, 0.15) is 11.9 Å². The zero-order valence-corrected chi connectivity index (χ0v) is 6.78. The van der Waals surface area contributed by atoms with Crippen LogP contribution in [0, 0.1) is 0 Å². The fourth-order valence-corrected chi connectivity index (χ4v) is 0.607. The number of nitrogens with two attached hydrogens (primary N) is 1. The number of hydrogen-bond donors (Lipinski definition) is 4. The van der Waals surface area contributed by atoms with Crippen molar-refractivity contribution in [2.45, 2.75) is 26.1 Å². The molecule has 66 valence electrons. The van der Waals surface area contributed by atoms with E-state index in [-0.39, 0.29) is 12.3 Å². The van der Waals surface area contributed by atoms with Crippen molar-refractivity contribution in [2.24, 2.45) is 5.73 Å². The van der Waals surface area contributed by atoms with Crippen molar-refractivity contribution in [2.75, 3.05) is 6.54 Å². The molecule has 0 aromatic carbocycles. The topological polar surface area (TPSA) is 86.7 Å². The van der Waals surface area contributed by atoms with Crippen molar-refractivity contribution in [3.05, 3.63) is 11.3 Å². The van der Waals surface area contributed by atoms with Gasteiger partial charge in [-0.1, -0.05) is 0 Å². The Kier molecular flexibility index (Phi) is 4.10. The fraction of sp³-hybridized carbons (Fsp3) is 0.714. The van der Waals surface area contributed by atoms with Crippen LogP contribution in [0.25, 0.3) is 0 Å². The second-order valence-corrected chi connectivity index (χ2v) is 2.63. The Labute approximate surface area is 66.0 Å². The summed E-state index contributed by atoms with van der Waals surface area (Å²) in [6.45, 7) is 3.21. The maximum absolute atomic E-state index is 9.12. The quantitative estimate of drug-likeness (QED) is 0.421. The third-order valence-electron chi connectivity index (χ3n) is 1.40. The lowest BCUT2D eigenvalue weighted by atomic mass is 10.1. The van der Waals surface area contributed by atoms with Gasteiger partial charge in [-0.25, -0.2) is 0 Å². The monoisotopic (exact) mass is 161 g/mol. The molecule has 0 spiro atoms. The molecule has 0 saturated heterocycles. The van der Waals surface area contributed by atoms with E-state index in [0.29, 0.717) is 5.57 Å². The summed E-state index contributed by atoms with van der Waals surface area (Å²) < 4.78 is 0. The van der Waals surface area contributed by atoms with Crippen LogP contribution in [0.2, 0.25) is 0 Å². The third-order valence-corrected chi connectivity index (χ3v) is 1.40. The SMILES string of the molecule is CC(C)=C(O)C(O)C(O)CN. The molecule has 0 aliphatic carbocycles. The summed E-state index contributed by atoms with van der Waals surface area (Å²) in [7, 11) is 0. The van der Waals surface area contributed by atoms with E-state index >= 15 is 0 Å². The minimum absolute atomic E-state index is 0.0709. The van der Waals surface area contributed by atoms with E-state index in [9.17, 15) is 0 Å². The molecule has 0 aliphatic rings. The molecular formula is C7H15NO3. The molecule has 11 heavy (non-hydrogen) atoms. The lowest BCUT2D eigenvalue weighted by Gasteiger charge is -2.16. The van der Waals surface area contributed by atoms with Crippen molar-refractivity contribution < 1.29 is 15.3 Å². The molecule has 0 fully saturated rings. The predicted molar refractivity (Wildman–Crippen MR) is 42.1 cm³/mol. The molecule has 5 N–H and O–H groups in total. The Balaban J connectivity index is 4.24. The van der Waals surface area contributed by atoms with Crippen LogP contribution in [0.5, 0.6) is 0 Å². The van der Waals surface area contributed by atoms with E-state index in [4.69, 9.17) is 21.1 Å². The van der Waals surface area contributed by atoms with Crippen LogP contribution in [-0.2, 0) is 0 Å². The van der Waals surface area contributed by atoms with Crippen LogP contribution in [0.3, 0.4) is 0 Å². The summed E-state index contributed by atoms with van der Waals surface area (Å²) in [5.74, 6) is -0.206. The largest absolute Gasteiger partial charge is 0.510 e. The molecule has 0 radical (unpaired) electrons. The molecule has 0 aliphatic heterocycles. The van der Waals surface area contributed by atoms with E-state index in [1.54, 1.807) is 13.8 Å². The van der Waals surface area contributed by atoms with Crippen LogP contribution >= 0.6 is 0 Å². The van der Waals surface area contributed by atoms with Gasteiger partial charge in [-0.05, 0) is 19.4 Å². The summed E-state index contributed by atoms with van der Waals surface area (Å²) in [5, 5.41) is 27.2. The highest BCUT2D eigenvalue weighted by Crippen LogP contribution is 2.07. The Bertz CT molecular complexity index is 152. The normalized spacial score (nSPS) is 15.7. The average Bonchev–Trinajstić information content (AvgIpc) is 2.00. The van der Waals surface area contributed by atoms with Crippen LogP contribution in [-0.4, -0.2) is 34.1 Å². The van der Waals surface area contributed by atoms with E-state index in [1.807, 2.05) is 0 Å². The molecule has 0 rings (SSSR count). The van der Waals surface area contributed by atoms with Crippen LogP contribution in [0.4, 0.5) is 0 Å². The summed E-state index contributed by atoms with van der Waals surface area (Å²) in [5.41, 5.74) is 5.64. The predicted octanol–water partition coefficient (Wildman–Crippen LogP) is -0.481. The highest BCUT2D eigenvalue weighted by molar-refractivity contribution is 5.07. The van der Waals surface area contributed by atoms with Gasteiger partial charge in [0, 0.05) is 6.54 Å². The Morgan fingerprint density at radius 1 is 1.36 bits per heavy atom. The van der Waals surface area contributed by atoms with Crippen molar-refractivity contribution in [1.29, 1.82) is 0 Å². The Morgan fingerprint density at radius 2 is 1.82 bits per heavy atom. The van der Waals surface area contributed by atoms with Crippen molar-refractivity contribution >= 4 is 0 Å². The smallest absolute Gasteiger partial charge is 0.138 e. The average molecular weight is 161 g/mol. The second kappa shape index (κ2) is 4.33. The maximum Gasteiger partial charge on any atom is 0.138 e. The lowest BCUT2D eigenvalue weighted by molar-refractivity contribution is 0.0225. The first kappa shape index (κ1) is 10.4. The lowest BCUT2D eigenvalue weighted by Crippen LogP contribution is -2.34. The van der Waals surface area contributed by atoms with E-state index in [2.05, 4.69) is 0 Å². The molecule has 2 atom stereocenters. The Hall–Kier alpha value is -0.580. The standard InChI is InChI=1S/C7H15NO3/c1-4(2)6(10)7(11)5(9)3-8/h5,7,9-11H,3,8H2,1-2H3. The highest BCUT2D eigenvalue weighted by atomic mass is 16.4. The van der Waals surface area contributed by atoms with Gasteiger partial charge >= 0.3 is 0 Å². The zero-order chi connectivity index (χ0) is 9.02. The van der Waals surface area contributed by atoms with Crippen molar-refractivity contribution in [3.63, 3.8) is 0 Å². The summed E-state index contributed by atoms with van der Waals surface area (Å²) in [4.78, 5) is 0. The first-order chi connectivity index (χ1) is 5.00. The molecule has 0 bridgehead atoms. The minimum atomic E-state index is -1.26. The number of aliphatic hydroxyl groups is 3. The molecule has 0 aromatic heterocycles. The summed E-state index contributed by atoms with van der Waals surface area (Å²) >= 11 is 0. The first-order valence-electron chi connectivity index (χ1n) is 3.43. The van der Waals surface area contributed by atoms with Crippen LogP contribution in [0.1, 0.15) is 13.8 Å². The number of allylic oxidation sites excluding steroid dienone is 1. The molecule has 4 heteroatoms. The zero-order valence-electron chi connectivity index (χ0n) is 6.78. The van der Waals surface area contributed by atoms with Gasteiger partial charge in [-0.15, -0.1) is 0 Å². The van der Waals surface area contributed by atoms with Gasteiger partial charge in [0.05, 0.1) is 6.10 Å². The molecule has 4 nitrogen and oxygen atoms in total. The number of rotatable bonds is 3. The first-order valence-corrected chi connectivity index (χ1v) is 3.43. The number of aliphatic hydroxyl groups excluding tert-OH is 3. The van der Waals surface area contributed by atoms with Gasteiger partial charge in [-0.2, -0.15) is 0 Å². The van der Waals surface area contributed by atoms with Gasteiger partial charge in [-0.3, -0.25) is 0 Å². The molecule has 0 heterocycles. The molecule has 0 amide bonds. The molecule has 0 aromatic rings. The van der Waals surface area contributed by atoms with Crippen molar-refractivity contribution in [3.8, 4) is 0 Å². The minimum Gasteiger partial charge on any atom is -0.510 e. The van der Waals surface area contributed by atoms with Gasteiger partial charge < -0.3 is 21.1 Å². The highest BCUT2D eigenvalue weighted by Gasteiger charge is 2.19. The van der Waals surface area contributed by atoms with E-state index in [1.165, 1.54) is 0 Å². The third kappa shape index (κ3) is 2.88. The maximum atomic E-state index is 9.12. The van der Waals surface area contributed by atoms with Gasteiger partial charge in [0.25, 0.3) is 0 Å². The van der Waals surface area contributed by atoms with Crippen molar-refractivity contribution in [1.82, 2.24) is 0 Å².